The standard InChI is InChI=1S/C21H18ClF5N4O4/c1-10-6-11(21(25,26)27)7-15(28-10)31-14(8-30(20(31)34)9-16(32)35-3)19(33)29(2)13-5-4-12(23)17(22)18(13)24/h4-7,14H,8-9H2,1-3H3/t14-/m0/s1. The Morgan fingerprint density at radius 3 is 2.51 bits per heavy atom. The molecule has 14 heteroatoms. The first-order chi connectivity index (χ1) is 16.3. The van der Waals surface area contributed by atoms with Gasteiger partial charge < -0.3 is 14.5 Å². The summed E-state index contributed by atoms with van der Waals surface area (Å²) in [7, 11) is 2.18. The van der Waals surface area contributed by atoms with Gasteiger partial charge in [0.2, 0.25) is 0 Å². The fourth-order valence-electron chi connectivity index (χ4n) is 3.51. The number of pyridine rings is 1. The smallest absolute Gasteiger partial charge is 0.416 e. The summed E-state index contributed by atoms with van der Waals surface area (Å²) in [6.45, 7) is 0.211. The molecule has 0 N–H and O–H groups in total. The normalized spacial score (nSPS) is 16.0. The van der Waals surface area contributed by atoms with E-state index in [9.17, 15) is 36.3 Å². The van der Waals surface area contributed by atoms with Gasteiger partial charge in [0, 0.05) is 12.7 Å². The molecule has 2 heterocycles. The second kappa shape index (κ2) is 9.64. The van der Waals surface area contributed by atoms with Crippen LogP contribution in [-0.2, 0) is 20.5 Å². The zero-order valence-corrected chi connectivity index (χ0v) is 19.2. The molecule has 1 aromatic carbocycles. The Kier molecular flexibility index (Phi) is 7.20. The molecule has 1 fully saturated rings. The number of carbonyl (C=O) groups is 3. The first kappa shape index (κ1) is 26.1. The Labute approximate surface area is 200 Å². The Bertz CT molecular complexity index is 1190. The quantitative estimate of drug-likeness (QED) is 0.340. The molecular formula is C21H18ClF5N4O4. The van der Waals surface area contributed by atoms with Crippen LogP contribution >= 0.6 is 11.6 Å². The number of urea groups is 1. The first-order valence-electron chi connectivity index (χ1n) is 9.88. The van der Waals surface area contributed by atoms with E-state index >= 15 is 0 Å². The van der Waals surface area contributed by atoms with Crippen molar-refractivity contribution < 1.29 is 41.1 Å². The van der Waals surface area contributed by atoms with Gasteiger partial charge in [0.15, 0.2) is 5.82 Å². The third-order valence-electron chi connectivity index (χ3n) is 5.24. The van der Waals surface area contributed by atoms with Gasteiger partial charge in [-0.3, -0.25) is 14.5 Å². The SMILES string of the molecule is COC(=O)CN1C[C@@H](C(=O)N(C)c2ccc(F)c(Cl)c2F)N(c2cc(C(F)(F)F)cc(C)n2)C1=O. The number of aryl methyl sites for hydroxylation is 1. The number of benzene rings is 1. The monoisotopic (exact) mass is 520 g/mol. The number of hydrogen-bond donors (Lipinski definition) is 0. The van der Waals surface area contributed by atoms with E-state index in [2.05, 4.69) is 9.72 Å². The maximum absolute atomic E-state index is 14.5. The van der Waals surface area contributed by atoms with E-state index in [0.717, 1.165) is 42.2 Å². The molecule has 1 aromatic heterocycles. The van der Waals surface area contributed by atoms with Gasteiger partial charge >= 0.3 is 18.2 Å². The fraction of sp³-hybridized carbons (Fsp3) is 0.333. The number of likely N-dealkylation sites (N-methyl/N-ethyl adjacent to an activating group) is 1. The summed E-state index contributed by atoms with van der Waals surface area (Å²) in [6, 6.07) is 0.594. The van der Waals surface area contributed by atoms with Gasteiger partial charge in [-0.05, 0) is 31.2 Å². The van der Waals surface area contributed by atoms with Crippen molar-refractivity contribution >= 4 is 41.0 Å². The van der Waals surface area contributed by atoms with Crippen LogP contribution in [0.5, 0.6) is 0 Å². The Morgan fingerprint density at radius 1 is 1.26 bits per heavy atom. The van der Waals surface area contributed by atoms with Crippen LogP contribution < -0.4 is 9.80 Å². The first-order valence-corrected chi connectivity index (χ1v) is 10.3. The zero-order chi connectivity index (χ0) is 26.2. The largest absolute Gasteiger partial charge is 0.468 e. The van der Waals surface area contributed by atoms with E-state index in [1.54, 1.807) is 0 Å². The molecule has 8 nitrogen and oxygen atoms in total. The summed E-state index contributed by atoms with van der Waals surface area (Å²) < 4.78 is 72.8. The van der Waals surface area contributed by atoms with Crippen molar-refractivity contribution in [3.8, 4) is 0 Å². The lowest BCUT2D eigenvalue weighted by atomic mass is 10.1. The topological polar surface area (TPSA) is 83.1 Å². The summed E-state index contributed by atoms with van der Waals surface area (Å²) in [5.41, 5.74) is -1.64. The van der Waals surface area contributed by atoms with Crippen LogP contribution in [-0.4, -0.2) is 61.1 Å². The molecule has 0 unspecified atom stereocenters. The molecule has 3 rings (SSSR count). The van der Waals surface area contributed by atoms with Gasteiger partial charge in [0.25, 0.3) is 5.91 Å². The highest BCUT2D eigenvalue weighted by Gasteiger charge is 2.46. The molecule has 1 atom stereocenters. The number of aromatic nitrogens is 1. The number of rotatable bonds is 5. The Hall–Kier alpha value is -3.48. The van der Waals surface area contributed by atoms with E-state index in [4.69, 9.17) is 11.6 Å². The van der Waals surface area contributed by atoms with Crippen LogP contribution in [0.3, 0.4) is 0 Å². The zero-order valence-electron chi connectivity index (χ0n) is 18.5. The highest BCUT2D eigenvalue weighted by Crippen LogP contribution is 2.34. The number of halogens is 6. The van der Waals surface area contributed by atoms with E-state index in [1.807, 2.05) is 0 Å². The minimum Gasteiger partial charge on any atom is -0.468 e. The molecule has 2 aromatic rings. The minimum absolute atomic E-state index is 0.0926. The van der Waals surface area contributed by atoms with Crippen LogP contribution in [0.15, 0.2) is 24.3 Å². The second-order valence-electron chi connectivity index (χ2n) is 7.57. The predicted octanol–water partition coefficient (Wildman–Crippen LogP) is 3.79. The lowest BCUT2D eigenvalue weighted by Crippen LogP contribution is -2.47. The van der Waals surface area contributed by atoms with Crippen LogP contribution in [0, 0.1) is 18.6 Å². The van der Waals surface area contributed by atoms with Crippen molar-refractivity contribution in [2.75, 3.05) is 37.0 Å². The number of anilines is 2. The van der Waals surface area contributed by atoms with Crippen LogP contribution in [0.2, 0.25) is 5.02 Å². The van der Waals surface area contributed by atoms with Crippen molar-refractivity contribution in [3.05, 3.63) is 52.2 Å². The highest BCUT2D eigenvalue weighted by atomic mass is 35.5. The lowest BCUT2D eigenvalue weighted by Gasteiger charge is -2.27. The van der Waals surface area contributed by atoms with Crippen molar-refractivity contribution in [1.82, 2.24) is 9.88 Å². The molecule has 3 amide bonds. The number of carbonyl (C=O) groups excluding carboxylic acids is 3. The number of amides is 3. The number of nitrogens with zero attached hydrogens (tertiary/aromatic N) is 4. The minimum atomic E-state index is -4.78. The van der Waals surface area contributed by atoms with Crippen molar-refractivity contribution in [1.29, 1.82) is 0 Å². The fourth-order valence-corrected chi connectivity index (χ4v) is 3.67. The molecule has 0 spiro atoms. The van der Waals surface area contributed by atoms with Gasteiger partial charge in [0.05, 0.1) is 24.9 Å². The number of hydrogen-bond acceptors (Lipinski definition) is 5. The lowest BCUT2D eigenvalue weighted by molar-refractivity contribution is -0.141. The van der Waals surface area contributed by atoms with Crippen LogP contribution in [0.1, 0.15) is 11.3 Å². The molecule has 35 heavy (non-hydrogen) atoms. The van der Waals surface area contributed by atoms with Crippen LogP contribution in [0.25, 0.3) is 0 Å². The number of methoxy groups -OCH3 is 1. The van der Waals surface area contributed by atoms with E-state index in [0.29, 0.717) is 11.0 Å². The maximum Gasteiger partial charge on any atom is 0.416 e. The van der Waals surface area contributed by atoms with E-state index < -0.39 is 76.9 Å². The van der Waals surface area contributed by atoms with Crippen LogP contribution in [0.4, 0.5) is 38.3 Å². The summed E-state index contributed by atoms with van der Waals surface area (Å²) in [5, 5.41) is -0.871. The van der Waals surface area contributed by atoms with Gasteiger partial charge in [-0.1, -0.05) is 11.6 Å². The number of alkyl halides is 3. The van der Waals surface area contributed by atoms with Gasteiger partial charge in [0.1, 0.15) is 29.2 Å². The molecule has 1 aliphatic rings. The van der Waals surface area contributed by atoms with Crippen molar-refractivity contribution in [3.63, 3.8) is 0 Å². The van der Waals surface area contributed by atoms with Gasteiger partial charge in [-0.25, -0.2) is 18.6 Å². The van der Waals surface area contributed by atoms with Gasteiger partial charge in [-0.2, -0.15) is 13.2 Å². The molecule has 0 radical (unpaired) electrons. The maximum atomic E-state index is 14.5. The Balaban J connectivity index is 2.07. The molecule has 1 saturated heterocycles. The number of esters is 1. The summed E-state index contributed by atoms with van der Waals surface area (Å²) in [6.07, 6.45) is -4.78. The molecular weight excluding hydrogens is 503 g/mol. The Morgan fingerprint density at radius 2 is 1.91 bits per heavy atom. The van der Waals surface area contributed by atoms with E-state index in [-0.39, 0.29) is 5.69 Å². The molecule has 0 bridgehead atoms. The van der Waals surface area contributed by atoms with E-state index in [1.165, 1.54) is 6.92 Å². The molecule has 0 saturated carbocycles. The third-order valence-corrected chi connectivity index (χ3v) is 5.58. The number of ether oxygens (including phenoxy) is 1. The average Bonchev–Trinajstić information content (AvgIpc) is 3.11. The van der Waals surface area contributed by atoms with Crippen molar-refractivity contribution in [2.24, 2.45) is 0 Å². The molecule has 188 valence electrons. The summed E-state index contributed by atoms with van der Waals surface area (Å²) >= 11 is 5.58. The van der Waals surface area contributed by atoms with Crippen molar-refractivity contribution in [2.45, 2.75) is 19.1 Å². The molecule has 1 aliphatic heterocycles. The molecule has 0 aliphatic carbocycles. The van der Waals surface area contributed by atoms with Gasteiger partial charge in [-0.15, -0.1) is 0 Å². The highest BCUT2D eigenvalue weighted by molar-refractivity contribution is 6.31. The summed E-state index contributed by atoms with van der Waals surface area (Å²) in [5.74, 6) is -4.62. The summed E-state index contributed by atoms with van der Waals surface area (Å²) in [4.78, 5) is 44.4. The third kappa shape index (κ3) is 5.14. The predicted molar refractivity (Wildman–Crippen MR) is 114 cm³/mol. The second-order valence-corrected chi connectivity index (χ2v) is 7.95. The average molecular weight is 521 g/mol.